The number of likely N-dealkylation sites (tertiary alicyclic amines) is 1. The van der Waals surface area contributed by atoms with E-state index in [-0.39, 0.29) is 6.61 Å². The maximum atomic E-state index is 8.77. The van der Waals surface area contributed by atoms with Crippen molar-refractivity contribution in [3.8, 4) is 0 Å². The zero-order valence-electron chi connectivity index (χ0n) is 9.69. The van der Waals surface area contributed by atoms with Crippen molar-refractivity contribution in [3.63, 3.8) is 0 Å². The van der Waals surface area contributed by atoms with Crippen molar-refractivity contribution in [2.75, 3.05) is 26.2 Å². The molecule has 1 aliphatic heterocycles. The Morgan fingerprint density at radius 2 is 2.06 bits per heavy atom. The smallest absolute Gasteiger partial charge is 0.195 e. The molecule has 1 fully saturated rings. The first-order valence-corrected chi connectivity index (χ1v) is 6.15. The predicted molar refractivity (Wildman–Crippen MR) is 61.3 cm³/mol. The summed E-state index contributed by atoms with van der Waals surface area (Å²) in [5, 5.41) is 8.77. The van der Waals surface area contributed by atoms with E-state index < -0.39 is 0 Å². The molecule has 0 spiro atoms. The normalized spacial score (nSPS) is 17.8. The first-order valence-electron chi connectivity index (χ1n) is 6.15. The molecule has 1 saturated heterocycles. The summed E-state index contributed by atoms with van der Waals surface area (Å²) in [6, 6.07) is 0. The van der Waals surface area contributed by atoms with E-state index in [1.54, 1.807) is 6.26 Å². The first-order chi connectivity index (χ1) is 7.88. The molecule has 90 valence electrons. The Balaban J connectivity index is 1.75. The van der Waals surface area contributed by atoms with Crippen LogP contribution in [-0.4, -0.2) is 41.2 Å². The fourth-order valence-electron chi connectivity index (χ4n) is 2.13. The maximum absolute atomic E-state index is 8.77. The first kappa shape index (κ1) is 11.6. The van der Waals surface area contributed by atoms with Crippen LogP contribution in [0.2, 0.25) is 0 Å². The zero-order chi connectivity index (χ0) is 11.2. The Labute approximate surface area is 96.3 Å². The fourth-order valence-corrected chi connectivity index (χ4v) is 2.13. The van der Waals surface area contributed by atoms with Crippen molar-refractivity contribution in [2.24, 2.45) is 0 Å². The monoisotopic (exact) mass is 224 g/mol. The average molecular weight is 224 g/mol. The third kappa shape index (κ3) is 3.32. The van der Waals surface area contributed by atoms with Gasteiger partial charge in [0.2, 0.25) is 0 Å². The van der Waals surface area contributed by atoms with Gasteiger partial charge in [0.05, 0.1) is 5.69 Å². The molecule has 0 unspecified atom stereocenters. The number of aliphatic hydroxyl groups is 1. The summed E-state index contributed by atoms with van der Waals surface area (Å²) >= 11 is 0. The molecule has 0 atom stereocenters. The number of aliphatic hydroxyl groups excluding tert-OH is 1. The second kappa shape index (κ2) is 6.01. The zero-order valence-corrected chi connectivity index (χ0v) is 9.69. The molecule has 0 bridgehead atoms. The topological polar surface area (TPSA) is 49.5 Å². The van der Waals surface area contributed by atoms with Gasteiger partial charge in [-0.3, -0.25) is 0 Å². The molecule has 0 aliphatic carbocycles. The van der Waals surface area contributed by atoms with Crippen LogP contribution in [0.4, 0.5) is 0 Å². The highest BCUT2D eigenvalue weighted by Gasteiger charge is 2.11. The molecule has 2 heterocycles. The highest BCUT2D eigenvalue weighted by atomic mass is 16.3. The lowest BCUT2D eigenvalue weighted by Gasteiger charge is -2.25. The summed E-state index contributed by atoms with van der Waals surface area (Å²) in [6.07, 6.45) is 7.14. The largest absolute Gasteiger partial charge is 0.449 e. The van der Waals surface area contributed by atoms with Gasteiger partial charge in [-0.25, -0.2) is 4.98 Å². The van der Waals surface area contributed by atoms with E-state index in [1.807, 2.05) is 0 Å². The molecule has 1 aromatic rings. The van der Waals surface area contributed by atoms with E-state index in [9.17, 15) is 0 Å². The molecule has 0 aromatic carbocycles. The van der Waals surface area contributed by atoms with Crippen LogP contribution >= 0.6 is 0 Å². The van der Waals surface area contributed by atoms with Gasteiger partial charge in [-0.05, 0) is 25.9 Å². The molecule has 16 heavy (non-hydrogen) atoms. The van der Waals surface area contributed by atoms with Crippen LogP contribution in [0.15, 0.2) is 10.7 Å². The second-order valence-electron chi connectivity index (χ2n) is 4.36. The lowest BCUT2D eigenvalue weighted by Crippen LogP contribution is -2.31. The van der Waals surface area contributed by atoms with Gasteiger partial charge in [0, 0.05) is 26.0 Å². The Morgan fingerprint density at radius 1 is 1.25 bits per heavy atom. The van der Waals surface area contributed by atoms with E-state index in [0.717, 1.165) is 24.6 Å². The predicted octanol–water partition coefficient (Wildman–Crippen LogP) is 1.24. The Kier molecular flexibility index (Phi) is 4.36. The van der Waals surface area contributed by atoms with Gasteiger partial charge in [-0.15, -0.1) is 0 Å². The molecule has 1 N–H and O–H groups in total. The van der Waals surface area contributed by atoms with Gasteiger partial charge in [-0.1, -0.05) is 6.42 Å². The molecule has 0 amide bonds. The molecule has 4 heteroatoms. The summed E-state index contributed by atoms with van der Waals surface area (Å²) in [5.74, 6) is 0.800. The van der Waals surface area contributed by atoms with E-state index in [4.69, 9.17) is 9.52 Å². The summed E-state index contributed by atoms with van der Waals surface area (Å²) < 4.78 is 5.36. The summed E-state index contributed by atoms with van der Waals surface area (Å²) in [5.41, 5.74) is 0.858. The fraction of sp³-hybridized carbons (Fsp3) is 0.750. The van der Waals surface area contributed by atoms with E-state index >= 15 is 0 Å². The molecule has 0 saturated carbocycles. The van der Waals surface area contributed by atoms with E-state index in [1.165, 1.54) is 32.4 Å². The summed E-state index contributed by atoms with van der Waals surface area (Å²) in [6.45, 7) is 3.60. The highest BCUT2D eigenvalue weighted by Crippen LogP contribution is 2.10. The summed E-state index contributed by atoms with van der Waals surface area (Å²) in [4.78, 5) is 6.80. The van der Waals surface area contributed by atoms with Crippen LogP contribution in [0.5, 0.6) is 0 Å². The second-order valence-corrected chi connectivity index (χ2v) is 4.36. The van der Waals surface area contributed by atoms with Crippen LogP contribution in [0.25, 0.3) is 0 Å². The highest BCUT2D eigenvalue weighted by molar-refractivity contribution is 4.97. The number of oxazole rings is 1. The minimum atomic E-state index is 0.137. The minimum absolute atomic E-state index is 0.137. The van der Waals surface area contributed by atoms with E-state index in [0.29, 0.717) is 6.42 Å². The van der Waals surface area contributed by atoms with Crippen LogP contribution < -0.4 is 0 Å². The third-order valence-corrected chi connectivity index (χ3v) is 3.06. The number of piperidine rings is 1. The Hall–Kier alpha value is -0.870. The quantitative estimate of drug-likeness (QED) is 0.817. The number of hydrogen-bond acceptors (Lipinski definition) is 4. The van der Waals surface area contributed by atoms with Crippen LogP contribution in [0, 0.1) is 0 Å². The SMILES string of the molecule is OCCc1coc(CCN2CCCCC2)n1. The van der Waals surface area contributed by atoms with Gasteiger partial charge >= 0.3 is 0 Å². The summed E-state index contributed by atoms with van der Waals surface area (Å²) in [7, 11) is 0. The molecule has 1 aromatic heterocycles. The molecular formula is C12H20N2O2. The van der Waals surface area contributed by atoms with Crippen molar-refractivity contribution >= 4 is 0 Å². The lowest BCUT2D eigenvalue weighted by atomic mass is 10.1. The lowest BCUT2D eigenvalue weighted by molar-refractivity contribution is 0.226. The molecule has 2 rings (SSSR count). The number of rotatable bonds is 5. The van der Waals surface area contributed by atoms with Crippen LogP contribution in [0.1, 0.15) is 30.8 Å². The molecule has 4 nitrogen and oxygen atoms in total. The van der Waals surface area contributed by atoms with Crippen molar-refractivity contribution in [1.82, 2.24) is 9.88 Å². The Morgan fingerprint density at radius 3 is 2.81 bits per heavy atom. The van der Waals surface area contributed by atoms with Gasteiger partial charge in [0.1, 0.15) is 6.26 Å². The van der Waals surface area contributed by atoms with Gasteiger partial charge < -0.3 is 14.4 Å². The van der Waals surface area contributed by atoms with Gasteiger partial charge in [-0.2, -0.15) is 0 Å². The average Bonchev–Trinajstić information content (AvgIpc) is 2.76. The van der Waals surface area contributed by atoms with Crippen molar-refractivity contribution in [1.29, 1.82) is 0 Å². The molecular weight excluding hydrogens is 204 g/mol. The van der Waals surface area contributed by atoms with Crippen molar-refractivity contribution < 1.29 is 9.52 Å². The molecule has 1 aliphatic rings. The van der Waals surface area contributed by atoms with Gasteiger partial charge in [0.25, 0.3) is 0 Å². The van der Waals surface area contributed by atoms with Crippen molar-refractivity contribution in [2.45, 2.75) is 32.1 Å². The minimum Gasteiger partial charge on any atom is -0.449 e. The van der Waals surface area contributed by atoms with Crippen LogP contribution in [0.3, 0.4) is 0 Å². The number of hydrogen-bond donors (Lipinski definition) is 1. The molecule has 0 radical (unpaired) electrons. The third-order valence-electron chi connectivity index (χ3n) is 3.06. The Bertz CT molecular complexity index is 306. The number of aromatic nitrogens is 1. The van der Waals surface area contributed by atoms with Crippen molar-refractivity contribution in [3.05, 3.63) is 17.8 Å². The van der Waals surface area contributed by atoms with E-state index in [2.05, 4.69) is 9.88 Å². The van der Waals surface area contributed by atoms with Crippen LogP contribution in [-0.2, 0) is 12.8 Å². The standard InChI is InChI=1S/C12H20N2O2/c15-9-5-11-10-16-12(13-11)4-8-14-6-2-1-3-7-14/h10,15H,1-9H2. The number of nitrogens with zero attached hydrogens (tertiary/aromatic N) is 2. The maximum Gasteiger partial charge on any atom is 0.195 e. The van der Waals surface area contributed by atoms with Gasteiger partial charge in [0.15, 0.2) is 5.89 Å².